The molecule has 2 saturated heterocycles. The summed E-state index contributed by atoms with van der Waals surface area (Å²) in [7, 11) is 0. The number of quaternary nitrogens is 1. The van der Waals surface area contributed by atoms with Crippen molar-refractivity contribution in [1.29, 1.82) is 0 Å². The monoisotopic (exact) mass is 516 g/mol. The largest absolute Gasteiger partial charge is 0.872 e. The van der Waals surface area contributed by atoms with Crippen molar-refractivity contribution in [3.05, 3.63) is 83.2 Å². The van der Waals surface area contributed by atoms with Crippen LogP contribution in [0, 0.1) is 6.92 Å². The molecular formula is C29H32N4O5. The number of hydrogen-bond donors (Lipinski definition) is 1. The molecule has 2 fully saturated rings. The topological polar surface area (TPSA) is 101 Å². The fraction of sp³-hybridized carbons (Fsp3) is 0.345. The van der Waals surface area contributed by atoms with Crippen LogP contribution in [0.3, 0.4) is 0 Å². The van der Waals surface area contributed by atoms with Gasteiger partial charge in [0.05, 0.1) is 50.8 Å². The summed E-state index contributed by atoms with van der Waals surface area (Å²) >= 11 is 0. The molecule has 9 nitrogen and oxygen atoms in total. The van der Waals surface area contributed by atoms with Gasteiger partial charge in [0, 0.05) is 16.8 Å². The van der Waals surface area contributed by atoms with Crippen LogP contribution in [0.1, 0.15) is 29.8 Å². The third-order valence-corrected chi connectivity index (χ3v) is 7.20. The maximum absolute atomic E-state index is 13.9. The average molecular weight is 517 g/mol. The molecule has 1 atom stereocenters. The fourth-order valence-electron chi connectivity index (χ4n) is 5.16. The Balaban J connectivity index is 1.54. The molecule has 1 unspecified atom stereocenters. The number of aromatic nitrogens is 2. The van der Waals surface area contributed by atoms with Crippen LogP contribution in [-0.4, -0.2) is 72.4 Å². The van der Waals surface area contributed by atoms with Gasteiger partial charge in [-0.2, -0.15) is 5.10 Å². The fourth-order valence-corrected chi connectivity index (χ4v) is 5.16. The van der Waals surface area contributed by atoms with E-state index < -0.39 is 23.5 Å². The number of Topliss-reactive ketones (excluding diaryl/α,β-unsaturated/α-hetero) is 1. The van der Waals surface area contributed by atoms with Crippen LogP contribution in [0.15, 0.2) is 66.4 Å². The third kappa shape index (κ3) is 4.94. The van der Waals surface area contributed by atoms with Gasteiger partial charge in [0.1, 0.15) is 18.8 Å². The number of ether oxygens (including phenoxy) is 2. The molecule has 2 aliphatic heterocycles. The number of likely N-dealkylation sites (tertiary alicyclic amines) is 1. The lowest BCUT2D eigenvalue weighted by molar-refractivity contribution is -0.907. The second-order valence-electron chi connectivity index (χ2n) is 9.48. The van der Waals surface area contributed by atoms with Gasteiger partial charge < -0.3 is 24.4 Å². The average Bonchev–Trinajstić information content (AvgIpc) is 3.45. The molecule has 1 aromatic heterocycles. The summed E-state index contributed by atoms with van der Waals surface area (Å²) in [5, 5.41) is 18.3. The number of hydrogen-bond acceptors (Lipinski definition) is 6. The van der Waals surface area contributed by atoms with Crippen molar-refractivity contribution < 1.29 is 29.1 Å². The van der Waals surface area contributed by atoms with Gasteiger partial charge in [0.2, 0.25) is 5.78 Å². The smallest absolute Gasteiger partial charge is 0.295 e. The maximum atomic E-state index is 13.9. The van der Waals surface area contributed by atoms with E-state index in [0.29, 0.717) is 55.5 Å². The van der Waals surface area contributed by atoms with Gasteiger partial charge in [-0.05, 0) is 43.7 Å². The molecule has 1 N–H and O–H groups in total. The van der Waals surface area contributed by atoms with E-state index >= 15 is 0 Å². The van der Waals surface area contributed by atoms with Crippen molar-refractivity contribution in [2.75, 3.05) is 46.0 Å². The van der Waals surface area contributed by atoms with Crippen LogP contribution in [0.4, 0.5) is 0 Å². The van der Waals surface area contributed by atoms with E-state index in [0.717, 1.165) is 18.8 Å². The number of carbonyl (C=O) groups excluding carboxylic acids is 2. The first-order chi connectivity index (χ1) is 18.5. The summed E-state index contributed by atoms with van der Waals surface area (Å²) in [6.07, 6.45) is 1.48. The molecule has 38 heavy (non-hydrogen) atoms. The molecule has 2 aromatic carbocycles. The van der Waals surface area contributed by atoms with Crippen LogP contribution in [0.25, 0.3) is 11.4 Å². The summed E-state index contributed by atoms with van der Waals surface area (Å²) in [4.78, 5) is 29.6. The number of nitrogens with one attached hydrogen (secondary N) is 1. The number of carbonyl (C=O) groups is 2. The predicted molar refractivity (Wildman–Crippen MR) is 139 cm³/mol. The highest BCUT2D eigenvalue weighted by atomic mass is 16.5. The Bertz CT molecular complexity index is 1330. The molecule has 0 radical (unpaired) electrons. The lowest BCUT2D eigenvalue weighted by atomic mass is 9.95. The van der Waals surface area contributed by atoms with Crippen molar-refractivity contribution in [2.24, 2.45) is 0 Å². The highest BCUT2D eigenvalue weighted by molar-refractivity contribution is 6.46. The Labute approximate surface area is 221 Å². The standard InChI is InChI=1S/C29H32N4O5/c1-3-38-23-11-9-21(10-12-23)26-25(28(35)29(36)32(26)14-13-31-15-17-37-18-16-31)27(34)24-19-30-33(20(24)2)22-7-5-4-6-8-22/h4-12,19,26,34H,3,13-18H2,1-2H3. The summed E-state index contributed by atoms with van der Waals surface area (Å²) in [5.41, 5.74) is 2.38. The van der Waals surface area contributed by atoms with E-state index in [9.17, 15) is 14.7 Å². The molecule has 9 heteroatoms. The predicted octanol–water partition coefficient (Wildman–Crippen LogP) is 0.719. The molecule has 0 spiro atoms. The van der Waals surface area contributed by atoms with Gasteiger partial charge in [-0.25, -0.2) is 4.68 Å². The third-order valence-electron chi connectivity index (χ3n) is 7.20. The Hall–Kier alpha value is -3.95. The van der Waals surface area contributed by atoms with Crippen LogP contribution in [0.2, 0.25) is 0 Å². The quantitative estimate of drug-likeness (QED) is 0.269. The number of morpholine rings is 1. The Morgan fingerprint density at radius 2 is 1.82 bits per heavy atom. The molecular weight excluding hydrogens is 484 g/mol. The zero-order valence-corrected chi connectivity index (χ0v) is 21.7. The summed E-state index contributed by atoms with van der Waals surface area (Å²) in [6, 6.07) is 15.9. The van der Waals surface area contributed by atoms with Crippen molar-refractivity contribution in [1.82, 2.24) is 14.7 Å². The number of benzene rings is 2. The highest BCUT2D eigenvalue weighted by Gasteiger charge is 2.44. The van der Waals surface area contributed by atoms with E-state index in [1.807, 2.05) is 49.4 Å². The van der Waals surface area contributed by atoms with Crippen LogP contribution in [-0.2, 0) is 14.3 Å². The van der Waals surface area contributed by atoms with Crippen LogP contribution in [0.5, 0.6) is 5.75 Å². The zero-order chi connectivity index (χ0) is 26.6. The summed E-state index contributed by atoms with van der Waals surface area (Å²) < 4.78 is 12.7. The van der Waals surface area contributed by atoms with Gasteiger partial charge in [0.25, 0.3) is 5.91 Å². The number of para-hydroxylation sites is 1. The lowest BCUT2D eigenvalue weighted by Gasteiger charge is -2.30. The normalized spacial score (nSPS) is 19.7. The van der Waals surface area contributed by atoms with E-state index in [1.165, 1.54) is 11.1 Å². The van der Waals surface area contributed by atoms with Crippen LogP contribution < -0.4 is 14.7 Å². The first-order valence-electron chi connectivity index (χ1n) is 13.0. The minimum absolute atomic E-state index is 0.0353. The summed E-state index contributed by atoms with van der Waals surface area (Å²) in [6.45, 7) is 8.28. The number of rotatable bonds is 8. The van der Waals surface area contributed by atoms with Crippen molar-refractivity contribution in [3.63, 3.8) is 0 Å². The second-order valence-corrected chi connectivity index (χ2v) is 9.48. The molecule has 2 aliphatic rings. The molecule has 1 amide bonds. The van der Waals surface area contributed by atoms with E-state index in [2.05, 4.69) is 5.10 Å². The van der Waals surface area contributed by atoms with E-state index in [1.54, 1.807) is 28.6 Å². The maximum Gasteiger partial charge on any atom is 0.295 e. The highest BCUT2D eigenvalue weighted by Crippen LogP contribution is 2.39. The SMILES string of the molecule is CCOc1ccc(C2C(=C([O-])c3cnn(-c4ccccc4)c3C)C(=O)C(=O)N2CC[NH+]2CCOCC2)cc1. The molecule has 0 aliphatic carbocycles. The zero-order valence-electron chi connectivity index (χ0n) is 21.7. The number of amides is 1. The first kappa shape index (κ1) is 25.7. The Kier molecular flexibility index (Phi) is 7.57. The van der Waals surface area contributed by atoms with Gasteiger partial charge in [-0.3, -0.25) is 9.59 Å². The minimum atomic E-state index is -0.780. The van der Waals surface area contributed by atoms with E-state index in [-0.39, 0.29) is 5.57 Å². The van der Waals surface area contributed by atoms with Crippen LogP contribution >= 0.6 is 0 Å². The van der Waals surface area contributed by atoms with Crippen molar-refractivity contribution in [2.45, 2.75) is 19.9 Å². The lowest BCUT2D eigenvalue weighted by Crippen LogP contribution is -3.14. The number of nitrogens with zero attached hydrogens (tertiary/aromatic N) is 3. The Morgan fingerprint density at radius 1 is 1.11 bits per heavy atom. The molecule has 3 aromatic rings. The number of ketones is 1. The van der Waals surface area contributed by atoms with Crippen molar-refractivity contribution >= 4 is 17.4 Å². The molecule has 3 heterocycles. The molecule has 5 rings (SSSR count). The van der Waals surface area contributed by atoms with Gasteiger partial charge in [0.15, 0.2) is 0 Å². The Morgan fingerprint density at radius 3 is 2.50 bits per heavy atom. The van der Waals surface area contributed by atoms with E-state index in [4.69, 9.17) is 9.47 Å². The first-order valence-corrected chi connectivity index (χ1v) is 13.0. The van der Waals surface area contributed by atoms with Gasteiger partial charge in [-0.15, -0.1) is 0 Å². The molecule has 0 bridgehead atoms. The molecule has 198 valence electrons. The molecule has 0 saturated carbocycles. The van der Waals surface area contributed by atoms with Gasteiger partial charge >= 0.3 is 0 Å². The van der Waals surface area contributed by atoms with Crippen molar-refractivity contribution in [3.8, 4) is 11.4 Å². The summed E-state index contributed by atoms with van der Waals surface area (Å²) in [5.74, 6) is -1.18. The van der Waals surface area contributed by atoms with Gasteiger partial charge in [-0.1, -0.05) is 36.1 Å². The second kappa shape index (κ2) is 11.2. The minimum Gasteiger partial charge on any atom is -0.872 e.